The Morgan fingerprint density at radius 2 is 1.67 bits per heavy atom. The highest BCUT2D eigenvalue weighted by molar-refractivity contribution is 6.22. The minimum absolute atomic E-state index is 0.0614. The Morgan fingerprint density at radius 1 is 0.952 bits per heavy atom. The van der Waals surface area contributed by atoms with Gasteiger partial charge in [-0.25, -0.2) is 8.78 Å². The second-order valence-electron chi connectivity index (χ2n) is 4.59. The van der Waals surface area contributed by atoms with E-state index < -0.39 is 17.0 Å². The lowest BCUT2D eigenvalue weighted by atomic mass is 10.0. The minimum atomic E-state index is -0.884. The molecule has 0 spiro atoms. The van der Waals surface area contributed by atoms with Crippen molar-refractivity contribution in [1.29, 1.82) is 0 Å². The molecule has 5 heteroatoms. The van der Waals surface area contributed by atoms with Crippen molar-refractivity contribution in [1.82, 2.24) is 0 Å². The molecule has 2 aromatic carbocycles. The number of hydrogen-bond donors (Lipinski definition) is 0. The molecule has 0 aliphatic carbocycles. The molecule has 21 heavy (non-hydrogen) atoms. The predicted octanol–water partition coefficient (Wildman–Crippen LogP) is 4.62. The summed E-state index contributed by atoms with van der Waals surface area (Å²) in [6.45, 7) is 1.50. The summed E-state index contributed by atoms with van der Waals surface area (Å²) in [5, 5.41) is -0.884. The van der Waals surface area contributed by atoms with Gasteiger partial charge in [-0.2, -0.15) is 0 Å². The van der Waals surface area contributed by atoms with E-state index in [0.717, 1.165) is 12.1 Å². The average molecular weight is 313 g/mol. The Morgan fingerprint density at radius 3 is 2.29 bits per heavy atom. The van der Waals surface area contributed by atoms with E-state index in [1.807, 2.05) is 0 Å². The summed E-state index contributed by atoms with van der Waals surface area (Å²) in [5.41, 5.74) is 0.810. The van der Waals surface area contributed by atoms with Gasteiger partial charge < -0.3 is 9.47 Å². The van der Waals surface area contributed by atoms with Crippen LogP contribution in [-0.2, 0) is 0 Å². The molecule has 2 aromatic rings. The number of halogens is 3. The van der Waals surface area contributed by atoms with E-state index in [2.05, 4.69) is 0 Å². The first-order valence-electron chi connectivity index (χ1n) is 6.29. The first-order valence-corrected chi connectivity index (χ1v) is 6.73. The molecule has 2 nitrogen and oxygen atoms in total. The Bertz CT molecular complexity index is 659. The van der Waals surface area contributed by atoms with Crippen molar-refractivity contribution in [2.45, 2.75) is 12.3 Å². The Balaban J connectivity index is 2.53. The number of hydrogen-bond acceptors (Lipinski definition) is 2. The largest absolute Gasteiger partial charge is 0.497 e. The third-order valence-electron chi connectivity index (χ3n) is 3.26. The van der Waals surface area contributed by atoms with Crippen LogP contribution in [0.5, 0.6) is 11.5 Å². The van der Waals surface area contributed by atoms with Crippen molar-refractivity contribution < 1.29 is 18.3 Å². The van der Waals surface area contributed by atoms with Crippen LogP contribution < -0.4 is 9.47 Å². The summed E-state index contributed by atoms with van der Waals surface area (Å²) in [4.78, 5) is 0. The summed E-state index contributed by atoms with van der Waals surface area (Å²) >= 11 is 6.33. The Kier molecular flexibility index (Phi) is 4.68. The molecule has 2 rings (SSSR count). The van der Waals surface area contributed by atoms with Gasteiger partial charge >= 0.3 is 0 Å². The lowest BCUT2D eigenvalue weighted by Gasteiger charge is -2.16. The molecule has 0 aromatic heterocycles. The molecule has 0 aliphatic heterocycles. The minimum Gasteiger partial charge on any atom is -0.497 e. The fourth-order valence-electron chi connectivity index (χ4n) is 2.06. The van der Waals surface area contributed by atoms with Crippen LogP contribution in [0.4, 0.5) is 8.78 Å². The zero-order chi connectivity index (χ0) is 15.6. The van der Waals surface area contributed by atoms with Gasteiger partial charge in [-0.3, -0.25) is 0 Å². The van der Waals surface area contributed by atoms with Gasteiger partial charge in [-0.15, -0.1) is 11.6 Å². The van der Waals surface area contributed by atoms with Crippen LogP contribution in [0.3, 0.4) is 0 Å². The molecule has 0 N–H and O–H groups in total. The molecule has 112 valence electrons. The third kappa shape index (κ3) is 3.10. The van der Waals surface area contributed by atoms with Crippen molar-refractivity contribution in [3.05, 3.63) is 58.7 Å². The molecular formula is C16H15ClF2O2. The summed E-state index contributed by atoms with van der Waals surface area (Å²) < 4.78 is 38.1. The highest BCUT2D eigenvalue weighted by Gasteiger charge is 2.21. The van der Waals surface area contributed by atoms with Crippen LogP contribution >= 0.6 is 11.6 Å². The molecule has 0 bridgehead atoms. The smallest absolute Gasteiger partial charge is 0.128 e. The van der Waals surface area contributed by atoms with E-state index in [9.17, 15) is 8.78 Å². The molecule has 0 amide bonds. The Hall–Kier alpha value is -1.81. The van der Waals surface area contributed by atoms with E-state index in [1.165, 1.54) is 21.1 Å². The standard InChI is InChI=1S/C16H15ClF2O2/c1-9-6-14(19)11(8-13(9)18)16(17)12-7-10(20-2)4-5-15(12)21-3/h4-8,16H,1-3H3. The monoisotopic (exact) mass is 312 g/mol. The first-order chi connectivity index (χ1) is 9.97. The molecule has 0 saturated heterocycles. The highest BCUT2D eigenvalue weighted by atomic mass is 35.5. The third-order valence-corrected chi connectivity index (χ3v) is 3.73. The van der Waals surface area contributed by atoms with E-state index in [-0.39, 0.29) is 11.1 Å². The lowest BCUT2D eigenvalue weighted by molar-refractivity contribution is 0.399. The maximum atomic E-state index is 14.1. The predicted molar refractivity (Wildman–Crippen MR) is 78.3 cm³/mol. The normalized spacial score (nSPS) is 12.1. The summed E-state index contributed by atoms with van der Waals surface area (Å²) in [6.07, 6.45) is 0. The van der Waals surface area contributed by atoms with Crippen LogP contribution in [0, 0.1) is 18.6 Å². The van der Waals surface area contributed by atoms with Crippen LogP contribution in [-0.4, -0.2) is 14.2 Å². The number of rotatable bonds is 4. The maximum absolute atomic E-state index is 14.1. The number of aryl methyl sites for hydroxylation is 1. The molecule has 0 radical (unpaired) electrons. The fourth-order valence-corrected chi connectivity index (χ4v) is 2.40. The summed E-state index contributed by atoms with van der Waals surface area (Å²) in [6, 6.07) is 7.27. The van der Waals surface area contributed by atoms with E-state index in [1.54, 1.807) is 18.2 Å². The highest BCUT2D eigenvalue weighted by Crippen LogP contribution is 2.38. The van der Waals surface area contributed by atoms with Crippen molar-refractivity contribution in [2.75, 3.05) is 14.2 Å². The first kappa shape index (κ1) is 15.6. The molecule has 0 heterocycles. The second kappa shape index (κ2) is 6.31. The van der Waals surface area contributed by atoms with Gasteiger partial charge in [-0.1, -0.05) is 0 Å². The second-order valence-corrected chi connectivity index (χ2v) is 5.03. The van der Waals surface area contributed by atoms with Gasteiger partial charge in [0.1, 0.15) is 23.1 Å². The zero-order valence-corrected chi connectivity index (χ0v) is 12.7. The molecule has 0 saturated carbocycles. The molecular weight excluding hydrogens is 298 g/mol. The van der Waals surface area contributed by atoms with Crippen LogP contribution in [0.15, 0.2) is 30.3 Å². The molecule has 0 aliphatic rings. The van der Waals surface area contributed by atoms with E-state index in [0.29, 0.717) is 17.1 Å². The van der Waals surface area contributed by atoms with Crippen LogP contribution in [0.25, 0.3) is 0 Å². The van der Waals surface area contributed by atoms with Crippen molar-refractivity contribution in [2.24, 2.45) is 0 Å². The maximum Gasteiger partial charge on any atom is 0.128 e. The lowest BCUT2D eigenvalue weighted by Crippen LogP contribution is -2.02. The molecule has 1 atom stereocenters. The number of benzene rings is 2. The van der Waals surface area contributed by atoms with Gasteiger partial charge in [0.05, 0.1) is 19.6 Å². The van der Waals surface area contributed by atoms with Crippen molar-refractivity contribution in [3.8, 4) is 11.5 Å². The van der Waals surface area contributed by atoms with Crippen molar-refractivity contribution in [3.63, 3.8) is 0 Å². The molecule has 1 unspecified atom stereocenters. The molecule has 0 fully saturated rings. The Labute approximate surface area is 127 Å². The van der Waals surface area contributed by atoms with Crippen LogP contribution in [0.1, 0.15) is 22.1 Å². The number of alkyl halides is 1. The van der Waals surface area contributed by atoms with Gasteiger partial charge in [0, 0.05) is 11.1 Å². The van der Waals surface area contributed by atoms with Crippen LogP contribution in [0.2, 0.25) is 0 Å². The van der Waals surface area contributed by atoms with Gasteiger partial charge in [0.25, 0.3) is 0 Å². The number of methoxy groups -OCH3 is 2. The SMILES string of the molecule is COc1ccc(OC)c(C(Cl)c2cc(F)c(C)cc2F)c1. The van der Waals surface area contributed by atoms with Crippen molar-refractivity contribution >= 4 is 11.6 Å². The van der Waals surface area contributed by atoms with Gasteiger partial charge in [0.2, 0.25) is 0 Å². The topological polar surface area (TPSA) is 18.5 Å². The zero-order valence-electron chi connectivity index (χ0n) is 11.9. The summed E-state index contributed by atoms with van der Waals surface area (Å²) in [5.74, 6) is -0.0155. The van der Waals surface area contributed by atoms with E-state index in [4.69, 9.17) is 21.1 Å². The van der Waals surface area contributed by atoms with Gasteiger partial charge in [-0.05, 0) is 42.8 Å². The van der Waals surface area contributed by atoms with Gasteiger partial charge in [0.15, 0.2) is 0 Å². The fraction of sp³-hybridized carbons (Fsp3) is 0.250. The van der Waals surface area contributed by atoms with E-state index >= 15 is 0 Å². The quantitative estimate of drug-likeness (QED) is 0.767. The average Bonchev–Trinajstić information content (AvgIpc) is 2.49. The summed E-state index contributed by atoms with van der Waals surface area (Å²) in [7, 11) is 3.00. The number of ether oxygens (including phenoxy) is 2.